The van der Waals surface area contributed by atoms with E-state index in [-0.39, 0.29) is 0 Å². The van der Waals surface area contributed by atoms with Gasteiger partial charge in [-0.1, -0.05) is 13.8 Å². The largest absolute Gasteiger partial charge is 0.241 e. The first-order valence-electron chi connectivity index (χ1n) is 3.42. The Morgan fingerprint density at radius 3 is 1.88 bits per heavy atom. The van der Waals surface area contributed by atoms with Crippen LogP contribution < -0.4 is 5.32 Å². The van der Waals surface area contributed by atoms with Crippen LogP contribution in [0.4, 0.5) is 0 Å². The molecule has 1 aliphatic rings. The number of hydrogen-bond donors (Lipinski definition) is 0. The first kappa shape index (κ1) is 6.09. The molecule has 1 heterocycles. The van der Waals surface area contributed by atoms with E-state index in [0.717, 1.165) is 24.9 Å². The van der Waals surface area contributed by atoms with Gasteiger partial charge >= 0.3 is 0 Å². The van der Waals surface area contributed by atoms with Gasteiger partial charge in [0, 0.05) is 13.1 Å². The van der Waals surface area contributed by atoms with E-state index in [4.69, 9.17) is 0 Å². The van der Waals surface area contributed by atoms with E-state index >= 15 is 0 Å². The van der Waals surface area contributed by atoms with E-state index < -0.39 is 0 Å². The van der Waals surface area contributed by atoms with Crippen LogP contribution in [0, 0.1) is 11.8 Å². The minimum absolute atomic E-state index is 0.846. The highest BCUT2D eigenvalue weighted by Crippen LogP contribution is 2.14. The predicted octanol–water partition coefficient (Wildman–Crippen LogP) is 1.27. The van der Waals surface area contributed by atoms with Gasteiger partial charge in [-0.2, -0.15) is 0 Å². The molecular formula is C7H14N. The van der Waals surface area contributed by atoms with Crippen LogP contribution in [-0.2, 0) is 0 Å². The van der Waals surface area contributed by atoms with Gasteiger partial charge in [-0.25, -0.2) is 5.32 Å². The number of rotatable bonds is 0. The zero-order valence-corrected chi connectivity index (χ0v) is 5.72. The molecule has 0 spiro atoms. The molecule has 0 N–H and O–H groups in total. The Labute approximate surface area is 51.5 Å². The molecule has 1 radical (unpaired) electrons. The minimum atomic E-state index is 0.846. The Kier molecular flexibility index (Phi) is 1.90. The van der Waals surface area contributed by atoms with Crippen LogP contribution in [0.5, 0.6) is 0 Å². The van der Waals surface area contributed by atoms with Crippen molar-refractivity contribution in [2.24, 2.45) is 11.8 Å². The van der Waals surface area contributed by atoms with Crippen LogP contribution in [0.15, 0.2) is 0 Å². The highest BCUT2D eigenvalue weighted by molar-refractivity contribution is 4.69. The van der Waals surface area contributed by atoms with Gasteiger partial charge in [-0.05, 0) is 18.3 Å². The van der Waals surface area contributed by atoms with Gasteiger partial charge in [0.1, 0.15) is 0 Å². The fourth-order valence-electron chi connectivity index (χ4n) is 1.35. The van der Waals surface area contributed by atoms with Crippen LogP contribution in [0.3, 0.4) is 0 Å². The molecule has 0 bridgehead atoms. The fraction of sp³-hybridized carbons (Fsp3) is 1.00. The number of nitrogens with zero attached hydrogens (tertiary/aromatic N) is 1. The molecule has 47 valence electrons. The van der Waals surface area contributed by atoms with E-state index in [2.05, 4.69) is 19.2 Å². The van der Waals surface area contributed by atoms with Gasteiger partial charge in [0.15, 0.2) is 0 Å². The Morgan fingerprint density at radius 2 is 1.62 bits per heavy atom. The second-order valence-electron chi connectivity index (χ2n) is 3.03. The number of hydrogen-bond acceptors (Lipinski definition) is 0. The summed E-state index contributed by atoms with van der Waals surface area (Å²) in [6.45, 7) is 6.76. The lowest BCUT2D eigenvalue weighted by Crippen LogP contribution is -2.28. The van der Waals surface area contributed by atoms with Crippen molar-refractivity contribution >= 4 is 0 Å². The third-order valence-electron chi connectivity index (χ3n) is 1.69. The van der Waals surface area contributed by atoms with Crippen molar-refractivity contribution in [1.29, 1.82) is 0 Å². The van der Waals surface area contributed by atoms with Crippen LogP contribution >= 0.6 is 0 Å². The van der Waals surface area contributed by atoms with Crippen LogP contribution in [0.1, 0.15) is 20.3 Å². The monoisotopic (exact) mass is 112 g/mol. The summed E-state index contributed by atoms with van der Waals surface area (Å²) in [5.74, 6) is 1.69. The molecule has 2 atom stereocenters. The van der Waals surface area contributed by atoms with Crippen molar-refractivity contribution in [3.05, 3.63) is 0 Å². The Hall–Kier alpha value is -0.0400. The maximum absolute atomic E-state index is 4.34. The molecule has 0 amide bonds. The second kappa shape index (κ2) is 2.49. The molecule has 1 aliphatic heterocycles. The maximum Gasteiger partial charge on any atom is 0.0159 e. The van der Waals surface area contributed by atoms with Crippen molar-refractivity contribution in [2.45, 2.75) is 20.3 Å². The molecular weight excluding hydrogens is 98.1 g/mol. The Bertz CT molecular complexity index is 62.8. The quantitative estimate of drug-likeness (QED) is 0.448. The summed E-state index contributed by atoms with van der Waals surface area (Å²) >= 11 is 0. The highest BCUT2D eigenvalue weighted by atomic mass is 14.9. The van der Waals surface area contributed by atoms with Gasteiger partial charge < -0.3 is 0 Å². The SMILES string of the molecule is CC1C[N]CC(C)C1. The molecule has 2 unspecified atom stereocenters. The van der Waals surface area contributed by atoms with Crippen molar-refractivity contribution in [1.82, 2.24) is 5.32 Å². The van der Waals surface area contributed by atoms with Gasteiger partial charge in [0.25, 0.3) is 0 Å². The lowest BCUT2D eigenvalue weighted by molar-refractivity contribution is 0.316. The van der Waals surface area contributed by atoms with Crippen LogP contribution in [0.2, 0.25) is 0 Å². The fourth-order valence-corrected chi connectivity index (χ4v) is 1.35. The normalized spacial score (nSPS) is 39.8. The van der Waals surface area contributed by atoms with E-state index in [1.54, 1.807) is 0 Å². The molecule has 1 saturated heterocycles. The summed E-state index contributed by atoms with van der Waals surface area (Å²) in [5, 5.41) is 4.34. The summed E-state index contributed by atoms with van der Waals surface area (Å²) in [7, 11) is 0. The molecule has 8 heavy (non-hydrogen) atoms. The van der Waals surface area contributed by atoms with Crippen molar-refractivity contribution in [3.8, 4) is 0 Å². The first-order valence-corrected chi connectivity index (χ1v) is 3.42. The average Bonchev–Trinajstić information content (AvgIpc) is 1.64. The Balaban J connectivity index is 2.23. The summed E-state index contributed by atoms with van der Waals surface area (Å²) in [5.41, 5.74) is 0. The number of piperidine rings is 1. The minimum Gasteiger partial charge on any atom is -0.241 e. The topological polar surface area (TPSA) is 14.1 Å². The van der Waals surface area contributed by atoms with Crippen molar-refractivity contribution < 1.29 is 0 Å². The van der Waals surface area contributed by atoms with Crippen LogP contribution in [0.25, 0.3) is 0 Å². The smallest absolute Gasteiger partial charge is 0.0159 e. The van der Waals surface area contributed by atoms with E-state index in [1.165, 1.54) is 6.42 Å². The third kappa shape index (κ3) is 1.48. The molecule has 1 nitrogen and oxygen atoms in total. The predicted molar refractivity (Wildman–Crippen MR) is 34.8 cm³/mol. The Morgan fingerprint density at radius 1 is 1.12 bits per heavy atom. The molecule has 1 fully saturated rings. The molecule has 0 aromatic heterocycles. The lowest BCUT2D eigenvalue weighted by atomic mass is 9.94. The zero-order valence-electron chi connectivity index (χ0n) is 5.72. The maximum atomic E-state index is 4.34. The lowest BCUT2D eigenvalue weighted by Gasteiger charge is -2.22. The van der Waals surface area contributed by atoms with Gasteiger partial charge in [-0.3, -0.25) is 0 Å². The van der Waals surface area contributed by atoms with Crippen molar-refractivity contribution in [2.75, 3.05) is 13.1 Å². The standard InChI is InChI=1S/C7H14N/c1-6-3-7(2)5-8-4-6/h6-7H,3-5H2,1-2H3. The van der Waals surface area contributed by atoms with Crippen molar-refractivity contribution in [3.63, 3.8) is 0 Å². The third-order valence-corrected chi connectivity index (χ3v) is 1.69. The van der Waals surface area contributed by atoms with E-state index in [1.807, 2.05) is 0 Å². The average molecular weight is 112 g/mol. The van der Waals surface area contributed by atoms with Crippen LogP contribution in [-0.4, -0.2) is 13.1 Å². The summed E-state index contributed by atoms with van der Waals surface area (Å²) < 4.78 is 0. The van der Waals surface area contributed by atoms with Gasteiger partial charge in [-0.15, -0.1) is 0 Å². The summed E-state index contributed by atoms with van der Waals surface area (Å²) in [6.07, 6.45) is 1.38. The summed E-state index contributed by atoms with van der Waals surface area (Å²) in [4.78, 5) is 0. The molecule has 0 aliphatic carbocycles. The van der Waals surface area contributed by atoms with E-state index in [9.17, 15) is 0 Å². The molecule has 0 aromatic rings. The van der Waals surface area contributed by atoms with E-state index in [0.29, 0.717) is 0 Å². The van der Waals surface area contributed by atoms with Gasteiger partial charge in [0.05, 0.1) is 0 Å². The molecule has 0 saturated carbocycles. The second-order valence-corrected chi connectivity index (χ2v) is 3.03. The highest BCUT2D eigenvalue weighted by Gasteiger charge is 2.14. The molecule has 0 aromatic carbocycles. The molecule has 1 rings (SSSR count). The molecule has 1 heteroatoms. The summed E-state index contributed by atoms with van der Waals surface area (Å²) in [6, 6.07) is 0. The zero-order chi connectivity index (χ0) is 5.98. The first-order chi connectivity index (χ1) is 3.79. The van der Waals surface area contributed by atoms with Gasteiger partial charge in [0.2, 0.25) is 0 Å².